The number of hydrogen-bond acceptors (Lipinski definition) is 3. The second-order valence-corrected chi connectivity index (χ2v) is 3.56. The molecule has 62 valence electrons. The molecular formula is C9H10N2S. The van der Waals surface area contributed by atoms with E-state index in [1.165, 1.54) is 15.8 Å². The van der Waals surface area contributed by atoms with Gasteiger partial charge in [0.25, 0.3) is 0 Å². The van der Waals surface area contributed by atoms with Gasteiger partial charge in [-0.25, -0.2) is 0 Å². The van der Waals surface area contributed by atoms with Crippen LogP contribution in [0.4, 0.5) is 0 Å². The smallest absolute Gasteiger partial charge is 0.0736 e. The highest BCUT2D eigenvalue weighted by Gasteiger charge is 2.03. The lowest BCUT2D eigenvalue weighted by molar-refractivity contribution is 0.907. The van der Waals surface area contributed by atoms with Crippen molar-refractivity contribution in [2.24, 2.45) is 0 Å². The third-order valence-electron chi connectivity index (χ3n) is 1.84. The number of aryl methyl sites for hydroxylation is 1. The molecule has 0 amide bonds. The van der Waals surface area contributed by atoms with Crippen LogP contribution in [0, 0.1) is 0 Å². The average Bonchev–Trinajstić information content (AvgIpc) is 2.50. The van der Waals surface area contributed by atoms with E-state index in [4.69, 9.17) is 0 Å². The fraction of sp³-hybridized carbons (Fsp3) is 0.333. The van der Waals surface area contributed by atoms with Crippen LogP contribution in [-0.4, -0.2) is 9.36 Å². The Bertz CT molecular complexity index is 381. The number of aromatic nitrogens is 2. The Morgan fingerprint density at radius 1 is 1.50 bits per heavy atom. The second kappa shape index (κ2) is 3.19. The predicted octanol–water partition coefficient (Wildman–Crippen LogP) is 2.64. The zero-order valence-electron chi connectivity index (χ0n) is 6.95. The molecule has 0 radical (unpaired) electrons. The Morgan fingerprint density at radius 2 is 2.42 bits per heavy atom. The van der Waals surface area contributed by atoms with Crippen LogP contribution in [0.25, 0.3) is 10.1 Å². The van der Waals surface area contributed by atoms with Crippen molar-refractivity contribution in [3.8, 4) is 0 Å². The highest BCUT2D eigenvalue weighted by molar-refractivity contribution is 7.13. The highest BCUT2D eigenvalue weighted by Crippen LogP contribution is 2.21. The fourth-order valence-corrected chi connectivity index (χ4v) is 2.05. The quantitative estimate of drug-likeness (QED) is 0.706. The van der Waals surface area contributed by atoms with Gasteiger partial charge < -0.3 is 0 Å². The van der Waals surface area contributed by atoms with Gasteiger partial charge in [0, 0.05) is 17.8 Å². The van der Waals surface area contributed by atoms with E-state index in [2.05, 4.69) is 16.3 Å². The molecule has 2 aromatic rings. The van der Waals surface area contributed by atoms with Gasteiger partial charge in [-0.2, -0.15) is 4.37 Å². The number of pyridine rings is 1. The van der Waals surface area contributed by atoms with Crippen LogP contribution >= 0.6 is 11.5 Å². The van der Waals surface area contributed by atoms with Gasteiger partial charge in [-0.15, -0.1) is 0 Å². The molecule has 0 aliphatic heterocycles. The van der Waals surface area contributed by atoms with Gasteiger partial charge in [-0.3, -0.25) is 4.98 Å². The minimum absolute atomic E-state index is 1.07. The van der Waals surface area contributed by atoms with E-state index < -0.39 is 0 Å². The highest BCUT2D eigenvalue weighted by atomic mass is 32.1. The summed E-state index contributed by atoms with van der Waals surface area (Å²) in [7, 11) is 0. The molecule has 0 saturated carbocycles. The summed E-state index contributed by atoms with van der Waals surface area (Å²) in [6.45, 7) is 2.17. The molecule has 2 rings (SSSR count). The van der Waals surface area contributed by atoms with Gasteiger partial charge in [-0.05, 0) is 24.0 Å². The van der Waals surface area contributed by atoms with E-state index >= 15 is 0 Å². The molecule has 0 N–H and O–H groups in total. The predicted molar refractivity (Wildman–Crippen MR) is 51.4 cm³/mol. The Hall–Kier alpha value is -0.960. The summed E-state index contributed by atoms with van der Waals surface area (Å²) in [6, 6.07) is 2.05. The monoisotopic (exact) mass is 178 g/mol. The lowest BCUT2D eigenvalue weighted by Gasteiger charge is -1.91. The number of hydrogen-bond donors (Lipinski definition) is 0. The first-order valence-corrected chi connectivity index (χ1v) is 4.87. The molecule has 2 aromatic heterocycles. The van der Waals surface area contributed by atoms with Crippen LogP contribution in [0.15, 0.2) is 18.5 Å². The Labute approximate surface area is 75.4 Å². The van der Waals surface area contributed by atoms with Gasteiger partial charge in [0.15, 0.2) is 0 Å². The molecule has 0 bridgehead atoms. The first kappa shape index (κ1) is 7.68. The zero-order valence-corrected chi connectivity index (χ0v) is 7.77. The largest absolute Gasteiger partial charge is 0.263 e. The second-order valence-electron chi connectivity index (χ2n) is 2.75. The molecule has 2 nitrogen and oxygen atoms in total. The van der Waals surface area contributed by atoms with Gasteiger partial charge in [0.1, 0.15) is 0 Å². The minimum Gasteiger partial charge on any atom is -0.263 e. The average molecular weight is 178 g/mol. The van der Waals surface area contributed by atoms with Crippen LogP contribution in [0.1, 0.15) is 19.0 Å². The number of nitrogens with zero attached hydrogens (tertiary/aromatic N) is 2. The molecule has 0 spiro atoms. The van der Waals surface area contributed by atoms with Crippen LogP contribution in [0.2, 0.25) is 0 Å². The molecule has 0 saturated heterocycles. The van der Waals surface area contributed by atoms with Crippen molar-refractivity contribution in [2.45, 2.75) is 19.8 Å². The Balaban J connectivity index is 2.55. The van der Waals surface area contributed by atoms with Crippen molar-refractivity contribution in [2.75, 3.05) is 0 Å². The first-order valence-electron chi connectivity index (χ1n) is 4.10. The number of rotatable bonds is 2. The first-order chi connectivity index (χ1) is 5.92. The molecule has 0 unspecified atom stereocenters. The molecule has 0 fully saturated rings. The van der Waals surface area contributed by atoms with Crippen LogP contribution in [-0.2, 0) is 6.42 Å². The number of fused-ring (bicyclic) bond motifs is 1. The maximum atomic E-state index is 4.39. The minimum atomic E-state index is 1.07. The molecule has 0 aromatic carbocycles. The van der Waals surface area contributed by atoms with Crippen molar-refractivity contribution in [3.63, 3.8) is 0 Å². The molecule has 0 atom stereocenters. The normalized spacial score (nSPS) is 10.8. The lowest BCUT2D eigenvalue weighted by atomic mass is 10.2. The van der Waals surface area contributed by atoms with Crippen molar-refractivity contribution in [3.05, 3.63) is 24.2 Å². The van der Waals surface area contributed by atoms with Gasteiger partial charge in [0.05, 0.1) is 10.4 Å². The topological polar surface area (TPSA) is 25.8 Å². The summed E-state index contributed by atoms with van der Waals surface area (Å²) in [5.74, 6) is 0. The maximum absolute atomic E-state index is 4.39. The zero-order chi connectivity index (χ0) is 8.39. The van der Waals surface area contributed by atoms with Crippen LogP contribution < -0.4 is 0 Å². The van der Waals surface area contributed by atoms with Gasteiger partial charge in [0.2, 0.25) is 0 Å². The van der Waals surface area contributed by atoms with Crippen molar-refractivity contribution < 1.29 is 0 Å². The molecule has 0 aliphatic carbocycles. The summed E-state index contributed by atoms with van der Waals surface area (Å²) in [4.78, 5) is 4.06. The van der Waals surface area contributed by atoms with Crippen LogP contribution in [0.3, 0.4) is 0 Å². The molecule has 0 aliphatic rings. The molecular weight excluding hydrogens is 168 g/mol. The standard InChI is InChI=1S/C9H10N2S/c1-2-3-8-7-4-5-10-6-9(7)12-11-8/h4-6H,2-3H2,1H3. The van der Waals surface area contributed by atoms with Gasteiger partial charge in [-0.1, -0.05) is 13.3 Å². The van der Waals surface area contributed by atoms with E-state index in [1.807, 2.05) is 18.5 Å². The van der Waals surface area contributed by atoms with Crippen molar-refractivity contribution in [1.29, 1.82) is 0 Å². The fourth-order valence-electron chi connectivity index (χ4n) is 1.26. The molecule has 12 heavy (non-hydrogen) atoms. The summed E-state index contributed by atoms with van der Waals surface area (Å²) in [6.07, 6.45) is 5.94. The van der Waals surface area contributed by atoms with E-state index in [-0.39, 0.29) is 0 Å². The van der Waals surface area contributed by atoms with E-state index in [0.29, 0.717) is 0 Å². The summed E-state index contributed by atoms with van der Waals surface area (Å²) >= 11 is 1.54. The maximum Gasteiger partial charge on any atom is 0.0736 e. The molecule has 2 heterocycles. The van der Waals surface area contributed by atoms with E-state index in [0.717, 1.165) is 12.8 Å². The summed E-state index contributed by atoms with van der Waals surface area (Å²) in [5.41, 5.74) is 1.22. The van der Waals surface area contributed by atoms with Crippen molar-refractivity contribution >= 4 is 21.6 Å². The Morgan fingerprint density at radius 3 is 3.25 bits per heavy atom. The van der Waals surface area contributed by atoms with Crippen molar-refractivity contribution in [1.82, 2.24) is 9.36 Å². The molecule has 3 heteroatoms. The van der Waals surface area contributed by atoms with Gasteiger partial charge >= 0.3 is 0 Å². The summed E-state index contributed by atoms with van der Waals surface area (Å²) < 4.78 is 5.58. The third kappa shape index (κ3) is 1.20. The third-order valence-corrected chi connectivity index (χ3v) is 2.67. The Kier molecular flexibility index (Phi) is 2.04. The lowest BCUT2D eigenvalue weighted by Crippen LogP contribution is -1.82. The van der Waals surface area contributed by atoms with E-state index in [1.54, 1.807) is 11.5 Å². The summed E-state index contributed by atoms with van der Waals surface area (Å²) in [5, 5.41) is 1.27. The SMILES string of the molecule is CCCc1nsc2cnccc12. The van der Waals surface area contributed by atoms with Crippen LogP contribution in [0.5, 0.6) is 0 Å². The van der Waals surface area contributed by atoms with E-state index in [9.17, 15) is 0 Å².